The standard InChI is InChI=1S/C22H34N2O3/c1-2-3-15-21(25)16-13-11-9-7-5-4-6-8-10-12-14-19-27-22(26)24-18-17-23-20-24/h1,17-18,20H,3-16,19H2. The van der Waals surface area contributed by atoms with E-state index < -0.39 is 0 Å². The highest BCUT2D eigenvalue weighted by molar-refractivity contribution is 5.78. The van der Waals surface area contributed by atoms with Crippen LogP contribution < -0.4 is 0 Å². The molecule has 0 amide bonds. The van der Waals surface area contributed by atoms with Crippen molar-refractivity contribution in [3.05, 3.63) is 18.7 Å². The van der Waals surface area contributed by atoms with Gasteiger partial charge in [-0.3, -0.25) is 4.79 Å². The van der Waals surface area contributed by atoms with Gasteiger partial charge in [0.05, 0.1) is 6.61 Å². The predicted molar refractivity (Wildman–Crippen MR) is 107 cm³/mol. The van der Waals surface area contributed by atoms with Crippen molar-refractivity contribution in [2.75, 3.05) is 6.61 Å². The molecule has 0 aliphatic carbocycles. The number of ketones is 1. The molecule has 0 bridgehead atoms. The van der Waals surface area contributed by atoms with Crippen LogP contribution in [0.5, 0.6) is 0 Å². The minimum Gasteiger partial charge on any atom is -0.449 e. The highest BCUT2D eigenvalue weighted by atomic mass is 16.5. The number of terminal acetylenes is 1. The molecule has 1 heterocycles. The Labute approximate surface area is 163 Å². The van der Waals surface area contributed by atoms with Gasteiger partial charge in [0.1, 0.15) is 12.1 Å². The van der Waals surface area contributed by atoms with Crippen molar-refractivity contribution >= 4 is 11.9 Å². The molecule has 27 heavy (non-hydrogen) atoms. The summed E-state index contributed by atoms with van der Waals surface area (Å²) in [6.45, 7) is 0.474. The van der Waals surface area contributed by atoms with E-state index in [0.29, 0.717) is 31.7 Å². The van der Waals surface area contributed by atoms with Crippen molar-refractivity contribution in [2.24, 2.45) is 0 Å². The van der Waals surface area contributed by atoms with Crippen LogP contribution >= 0.6 is 0 Å². The van der Waals surface area contributed by atoms with E-state index in [4.69, 9.17) is 11.2 Å². The smallest absolute Gasteiger partial charge is 0.419 e. The topological polar surface area (TPSA) is 61.2 Å². The molecular weight excluding hydrogens is 340 g/mol. The summed E-state index contributed by atoms with van der Waals surface area (Å²) in [6, 6.07) is 0. The summed E-state index contributed by atoms with van der Waals surface area (Å²) in [5, 5.41) is 0. The summed E-state index contributed by atoms with van der Waals surface area (Å²) in [5.74, 6) is 2.82. The van der Waals surface area contributed by atoms with Gasteiger partial charge in [0.25, 0.3) is 0 Å². The van der Waals surface area contributed by atoms with Crippen molar-refractivity contribution in [1.82, 2.24) is 9.55 Å². The number of aromatic nitrogens is 2. The molecule has 0 spiro atoms. The van der Waals surface area contributed by atoms with Crippen LogP contribution in [0.3, 0.4) is 0 Å². The van der Waals surface area contributed by atoms with E-state index in [0.717, 1.165) is 25.7 Å². The Kier molecular flexibility index (Phi) is 13.7. The average molecular weight is 375 g/mol. The van der Waals surface area contributed by atoms with E-state index in [1.807, 2.05) is 0 Å². The maximum absolute atomic E-state index is 11.6. The molecule has 0 aliphatic heterocycles. The number of ether oxygens (including phenoxy) is 1. The first kappa shape index (κ1) is 23.0. The van der Waals surface area contributed by atoms with Gasteiger partial charge < -0.3 is 4.74 Å². The maximum atomic E-state index is 11.6. The quantitative estimate of drug-likeness (QED) is 0.282. The Bertz CT molecular complexity index is 546. The van der Waals surface area contributed by atoms with Gasteiger partial charge in [-0.2, -0.15) is 0 Å². The Morgan fingerprint density at radius 1 is 0.889 bits per heavy atom. The van der Waals surface area contributed by atoms with E-state index in [9.17, 15) is 9.59 Å². The normalized spacial score (nSPS) is 10.5. The lowest BCUT2D eigenvalue weighted by atomic mass is 10.0. The predicted octanol–water partition coefficient (Wildman–Crippen LogP) is 5.53. The number of carbonyl (C=O) groups is 2. The minimum absolute atomic E-state index is 0.310. The fourth-order valence-electron chi connectivity index (χ4n) is 2.95. The summed E-state index contributed by atoms with van der Waals surface area (Å²) in [5.41, 5.74) is 0. The van der Waals surface area contributed by atoms with Gasteiger partial charge in [-0.1, -0.05) is 57.8 Å². The van der Waals surface area contributed by atoms with Crippen LogP contribution in [0.15, 0.2) is 18.7 Å². The van der Waals surface area contributed by atoms with Crippen molar-refractivity contribution in [2.45, 2.75) is 89.9 Å². The zero-order valence-electron chi connectivity index (χ0n) is 16.5. The molecular formula is C22H34N2O3. The third-order valence-corrected chi connectivity index (χ3v) is 4.59. The fourth-order valence-corrected chi connectivity index (χ4v) is 2.95. The van der Waals surface area contributed by atoms with Gasteiger partial charge in [-0.15, -0.1) is 12.3 Å². The van der Waals surface area contributed by atoms with Crippen molar-refractivity contribution in [3.63, 3.8) is 0 Å². The zero-order valence-corrected chi connectivity index (χ0v) is 16.5. The molecule has 1 aromatic heterocycles. The Hall–Kier alpha value is -2.09. The third kappa shape index (κ3) is 12.8. The molecule has 0 aliphatic rings. The second kappa shape index (κ2) is 16.1. The molecule has 1 aromatic rings. The Balaban J connectivity index is 1.76. The number of imidazole rings is 1. The first-order valence-corrected chi connectivity index (χ1v) is 10.3. The van der Waals surface area contributed by atoms with Crippen LogP contribution in [0.2, 0.25) is 0 Å². The monoisotopic (exact) mass is 374 g/mol. The molecule has 0 fully saturated rings. The van der Waals surface area contributed by atoms with Gasteiger partial charge in [-0.05, 0) is 12.8 Å². The Morgan fingerprint density at radius 2 is 1.48 bits per heavy atom. The van der Waals surface area contributed by atoms with E-state index >= 15 is 0 Å². The van der Waals surface area contributed by atoms with Crippen molar-refractivity contribution < 1.29 is 14.3 Å². The number of nitrogens with zero attached hydrogens (tertiary/aromatic N) is 2. The number of Topliss-reactive ketones (excluding diaryl/α,β-unsaturated/α-hetero) is 1. The maximum Gasteiger partial charge on any atom is 0.419 e. The largest absolute Gasteiger partial charge is 0.449 e. The van der Waals surface area contributed by atoms with Crippen LogP contribution in [-0.2, 0) is 9.53 Å². The van der Waals surface area contributed by atoms with Crippen molar-refractivity contribution in [1.29, 1.82) is 0 Å². The number of hydrogen-bond donors (Lipinski definition) is 0. The summed E-state index contributed by atoms with van der Waals surface area (Å²) < 4.78 is 6.51. The number of hydrogen-bond acceptors (Lipinski definition) is 4. The molecule has 0 N–H and O–H groups in total. The van der Waals surface area contributed by atoms with E-state index in [2.05, 4.69) is 10.9 Å². The van der Waals surface area contributed by atoms with E-state index in [1.54, 1.807) is 12.4 Å². The summed E-state index contributed by atoms with van der Waals surface area (Å²) in [4.78, 5) is 26.8. The first-order chi connectivity index (χ1) is 13.2. The number of unbranched alkanes of at least 4 members (excludes halogenated alkanes) is 10. The van der Waals surface area contributed by atoms with Gasteiger partial charge in [0.2, 0.25) is 0 Å². The zero-order chi connectivity index (χ0) is 19.6. The highest BCUT2D eigenvalue weighted by Gasteiger charge is 2.03. The van der Waals surface area contributed by atoms with Crippen molar-refractivity contribution in [3.8, 4) is 12.3 Å². The second-order valence-corrected chi connectivity index (χ2v) is 6.97. The van der Waals surface area contributed by atoms with Crippen LogP contribution in [0.1, 0.15) is 89.9 Å². The molecule has 0 aromatic carbocycles. The molecule has 1 rings (SSSR count). The molecule has 0 atom stereocenters. The van der Waals surface area contributed by atoms with Crippen LogP contribution in [0, 0.1) is 12.3 Å². The minimum atomic E-state index is -0.357. The summed E-state index contributed by atoms with van der Waals surface area (Å²) >= 11 is 0. The van der Waals surface area contributed by atoms with Gasteiger partial charge in [0.15, 0.2) is 0 Å². The molecule has 5 heteroatoms. The lowest BCUT2D eigenvalue weighted by Gasteiger charge is -2.05. The summed E-state index contributed by atoms with van der Waals surface area (Å²) in [7, 11) is 0. The van der Waals surface area contributed by atoms with E-state index in [-0.39, 0.29) is 6.09 Å². The lowest BCUT2D eigenvalue weighted by Crippen LogP contribution is -2.12. The van der Waals surface area contributed by atoms with Gasteiger partial charge in [0, 0.05) is 31.7 Å². The average Bonchev–Trinajstić information content (AvgIpc) is 3.21. The SMILES string of the molecule is C#CCCC(=O)CCCCCCCCCCCCCOC(=O)n1ccnc1. The molecule has 0 unspecified atom stereocenters. The molecule has 0 radical (unpaired) electrons. The van der Waals surface area contributed by atoms with Crippen LogP contribution in [0.4, 0.5) is 4.79 Å². The Morgan fingerprint density at radius 3 is 2.04 bits per heavy atom. The number of rotatable bonds is 16. The van der Waals surface area contributed by atoms with Crippen LogP contribution in [0.25, 0.3) is 0 Å². The molecule has 150 valence electrons. The van der Waals surface area contributed by atoms with Gasteiger partial charge in [-0.25, -0.2) is 14.3 Å². The number of carbonyl (C=O) groups excluding carboxylic acids is 2. The first-order valence-electron chi connectivity index (χ1n) is 10.3. The van der Waals surface area contributed by atoms with Crippen LogP contribution in [-0.4, -0.2) is 28.0 Å². The lowest BCUT2D eigenvalue weighted by molar-refractivity contribution is -0.119. The molecule has 5 nitrogen and oxygen atoms in total. The van der Waals surface area contributed by atoms with E-state index in [1.165, 1.54) is 55.8 Å². The third-order valence-electron chi connectivity index (χ3n) is 4.59. The van der Waals surface area contributed by atoms with Gasteiger partial charge >= 0.3 is 6.09 Å². The highest BCUT2D eigenvalue weighted by Crippen LogP contribution is 2.12. The molecule has 0 saturated heterocycles. The fraction of sp³-hybridized carbons (Fsp3) is 0.682. The second-order valence-electron chi connectivity index (χ2n) is 6.97. The summed E-state index contributed by atoms with van der Waals surface area (Å²) in [6.07, 6.45) is 24.2. The molecule has 0 saturated carbocycles.